The third-order valence-electron chi connectivity index (χ3n) is 3.30. The second-order valence-electron chi connectivity index (χ2n) is 4.84. The van der Waals surface area contributed by atoms with Crippen LogP contribution in [0.1, 0.15) is 12.8 Å². The number of hydrogen-bond acceptors (Lipinski definition) is 4. The molecule has 2 rings (SSSR count). The lowest BCUT2D eigenvalue weighted by Gasteiger charge is -2.18. The molecule has 2 N–H and O–H groups in total. The summed E-state index contributed by atoms with van der Waals surface area (Å²) in [5.41, 5.74) is 5.86. The van der Waals surface area contributed by atoms with Crippen molar-refractivity contribution >= 4 is 51.3 Å². The normalized spacial score (nSPS) is 15.9. The molecule has 1 aromatic heterocycles. The highest BCUT2D eigenvalue weighted by Crippen LogP contribution is 2.24. The van der Waals surface area contributed by atoms with E-state index in [-0.39, 0.29) is 24.0 Å². The van der Waals surface area contributed by atoms with E-state index < -0.39 is 10.0 Å². The second kappa shape index (κ2) is 7.75. The van der Waals surface area contributed by atoms with Crippen molar-refractivity contribution in [2.75, 3.05) is 27.2 Å². The Balaban J connectivity index is 0.00000220. The highest BCUT2D eigenvalue weighted by atomic mass is 127. The molecule has 0 amide bonds. The van der Waals surface area contributed by atoms with E-state index in [0.717, 1.165) is 12.8 Å². The molecule has 1 aliphatic rings. The molecular weight excluding hydrogens is 423 g/mol. The van der Waals surface area contributed by atoms with Gasteiger partial charge < -0.3 is 10.6 Å². The van der Waals surface area contributed by atoms with Crippen LogP contribution in [0.2, 0.25) is 0 Å². The Hall–Kier alpha value is -0.390. The van der Waals surface area contributed by atoms with E-state index in [2.05, 4.69) is 4.99 Å². The summed E-state index contributed by atoms with van der Waals surface area (Å²) >= 11 is 1.22. The summed E-state index contributed by atoms with van der Waals surface area (Å²) < 4.78 is 26.0. The maximum absolute atomic E-state index is 12.2. The van der Waals surface area contributed by atoms with E-state index in [4.69, 9.17) is 5.73 Å². The number of sulfonamides is 1. The molecule has 0 unspecified atom stereocenters. The van der Waals surface area contributed by atoms with Crippen LogP contribution in [-0.2, 0) is 10.0 Å². The fourth-order valence-electron chi connectivity index (χ4n) is 1.75. The largest absolute Gasteiger partial charge is 0.370 e. The van der Waals surface area contributed by atoms with Crippen molar-refractivity contribution in [2.45, 2.75) is 23.1 Å². The molecule has 0 aliphatic heterocycles. The Morgan fingerprint density at radius 1 is 1.48 bits per heavy atom. The van der Waals surface area contributed by atoms with Gasteiger partial charge in [0.2, 0.25) is 0 Å². The molecule has 9 heteroatoms. The van der Waals surface area contributed by atoms with Crippen LogP contribution < -0.4 is 5.73 Å². The van der Waals surface area contributed by atoms with E-state index in [0.29, 0.717) is 29.3 Å². The van der Waals surface area contributed by atoms with Crippen molar-refractivity contribution < 1.29 is 8.42 Å². The molecule has 0 aromatic carbocycles. The van der Waals surface area contributed by atoms with Gasteiger partial charge in [0.1, 0.15) is 4.21 Å². The molecular formula is C12H21IN4O2S2. The predicted octanol–water partition coefficient (Wildman–Crippen LogP) is 1.40. The number of guanidine groups is 1. The number of halogens is 1. The topological polar surface area (TPSA) is 79.0 Å². The Kier molecular flexibility index (Phi) is 6.88. The lowest BCUT2D eigenvalue weighted by molar-refractivity contribution is 0.468. The zero-order chi connectivity index (χ0) is 14.8. The molecule has 1 saturated carbocycles. The van der Waals surface area contributed by atoms with Gasteiger partial charge in [-0.2, -0.15) is 4.31 Å². The maximum atomic E-state index is 12.2. The summed E-state index contributed by atoms with van der Waals surface area (Å²) in [4.78, 5) is 6.19. The van der Waals surface area contributed by atoms with Crippen LogP contribution in [-0.4, -0.2) is 56.8 Å². The van der Waals surface area contributed by atoms with Gasteiger partial charge in [0.15, 0.2) is 5.96 Å². The smallest absolute Gasteiger partial charge is 0.252 e. The first-order chi connectivity index (χ1) is 9.43. The molecule has 1 fully saturated rings. The van der Waals surface area contributed by atoms with Gasteiger partial charge in [-0.05, 0) is 24.3 Å². The van der Waals surface area contributed by atoms with Crippen molar-refractivity contribution in [3.8, 4) is 0 Å². The minimum Gasteiger partial charge on any atom is -0.370 e. The van der Waals surface area contributed by atoms with Gasteiger partial charge >= 0.3 is 0 Å². The fraction of sp³-hybridized carbons (Fsp3) is 0.583. The number of thiophene rings is 1. The van der Waals surface area contributed by atoms with Gasteiger partial charge in [0.05, 0.1) is 6.54 Å². The lowest BCUT2D eigenvalue weighted by Crippen LogP contribution is -2.36. The molecule has 1 heterocycles. The quantitative estimate of drug-likeness (QED) is 0.409. The number of aliphatic imine (C=N–C) groups is 1. The SMILES string of the molecule is CN(C(N)=NCCN(C)S(=O)(=O)c1cccs1)C1CC1.I. The second-order valence-corrected chi connectivity index (χ2v) is 8.06. The van der Waals surface area contributed by atoms with Crippen LogP contribution >= 0.6 is 35.3 Å². The molecule has 1 aromatic rings. The standard InChI is InChI=1S/C12H20N4O2S2.HI/c1-15(20(17,18)11-4-3-9-19-11)8-7-14-12(13)16(2)10-5-6-10;/h3-4,9-10H,5-8H2,1-2H3,(H2,13,14);1H. The number of nitrogens with two attached hydrogens (primary N) is 1. The van der Waals surface area contributed by atoms with Crippen molar-refractivity contribution in [1.82, 2.24) is 9.21 Å². The maximum Gasteiger partial charge on any atom is 0.252 e. The van der Waals surface area contributed by atoms with Crippen LogP contribution in [0.4, 0.5) is 0 Å². The van der Waals surface area contributed by atoms with Gasteiger partial charge in [-0.25, -0.2) is 8.42 Å². The van der Waals surface area contributed by atoms with Crippen LogP contribution in [0.3, 0.4) is 0 Å². The van der Waals surface area contributed by atoms with E-state index in [1.165, 1.54) is 15.6 Å². The summed E-state index contributed by atoms with van der Waals surface area (Å²) in [5, 5.41) is 1.75. The molecule has 6 nitrogen and oxygen atoms in total. The highest BCUT2D eigenvalue weighted by Gasteiger charge is 2.27. The molecule has 0 bridgehead atoms. The van der Waals surface area contributed by atoms with E-state index in [9.17, 15) is 8.42 Å². The third kappa shape index (κ3) is 4.80. The Morgan fingerprint density at radius 2 is 2.14 bits per heavy atom. The van der Waals surface area contributed by atoms with Gasteiger partial charge in [-0.1, -0.05) is 6.07 Å². The summed E-state index contributed by atoms with van der Waals surface area (Å²) in [6.45, 7) is 0.684. The Morgan fingerprint density at radius 3 is 2.67 bits per heavy atom. The van der Waals surface area contributed by atoms with Gasteiger partial charge in [-0.15, -0.1) is 35.3 Å². The molecule has 0 atom stereocenters. The van der Waals surface area contributed by atoms with Gasteiger partial charge in [0.25, 0.3) is 10.0 Å². The van der Waals surface area contributed by atoms with Crippen molar-refractivity contribution in [3.63, 3.8) is 0 Å². The van der Waals surface area contributed by atoms with Crippen molar-refractivity contribution in [3.05, 3.63) is 17.5 Å². The molecule has 1 aliphatic carbocycles. The zero-order valence-electron chi connectivity index (χ0n) is 12.1. The monoisotopic (exact) mass is 444 g/mol. The summed E-state index contributed by atoms with van der Waals surface area (Å²) in [5.74, 6) is 0.481. The fourth-order valence-corrected chi connectivity index (χ4v) is 4.11. The highest BCUT2D eigenvalue weighted by molar-refractivity contribution is 14.0. The van der Waals surface area contributed by atoms with E-state index in [1.54, 1.807) is 24.6 Å². The third-order valence-corrected chi connectivity index (χ3v) is 6.53. The first-order valence-electron chi connectivity index (χ1n) is 6.45. The molecule has 21 heavy (non-hydrogen) atoms. The first kappa shape index (κ1) is 18.7. The van der Waals surface area contributed by atoms with Crippen LogP contribution in [0.25, 0.3) is 0 Å². The number of hydrogen-bond donors (Lipinski definition) is 1. The summed E-state index contributed by atoms with van der Waals surface area (Å²) in [7, 11) is 0.0905. The Bertz CT molecular complexity index is 570. The predicted molar refractivity (Wildman–Crippen MR) is 96.8 cm³/mol. The minimum absolute atomic E-state index is 0. The van der Waals surface area contributed by atoms with E-state index in [1.807, 2.05) is 11.9 Å². The van der Waals surface area contributed by atoms with Gasteiger partial charge in [-0.3, -0.25) is 4.99 Å². The average Bonchev–Trinajstić information content (AvgIpc) is 3.11. The zero-order valence-corrected chi connectivity index (χ0v) is 16.1. The molecule has 0 saturated heterocycles. The van der Waals surface area contributed by atoms with Crippen molar-refractivity contribution in [1.29, 1.82) is 0 Å². The van der Waals surface area contributed by atoms with Crippen LogP contribution in [0, 0.1) is 0 Å². The summed E-state index contributed by atoms with van der Waals surface area (Å²) in [6.07, 6.45) is 2.30. The Labute approximate surface area is 147 Å². The van der Waals surface area contributed by atoms with E-state index >= 15 is 0 Å². The number of likely N-dealkylation sites (N-methyl/N-ethyl adjacent to an activating group) is 1. The van der Waals surface area contributed by atoms with Crippen molar-refractivity contribution in [2.24, 2.45) is 10.7 Å². The minimum atomic E-state index is -3.39. The first-order valence-corrected chi connectivity index (χ1v) is 8.77. The number of nitrogens with zero attached hydrogens (tertiary/aromatic N) is 3. The molecule has 0 radical (unpaired) electrons. The molecule has 0 spiro atoms. The lowest BCUT2D eigenvalue weighted by atomic mass is 10.6. The number of rotatable bonds is 6. The summed E-state index contributed by atoms with van der Waals surface area (Å²) in [6, 6.07) is 3.84. The van der Waals surface area contributed by atoms with Crippen LogP contribution in [0.5, 0.6) is 0 Å². The van der Waals surface area contributed by atoms with Crippen LogP contribution in [0.15, 0.2) is 26.7 Å². The average molecular weight is 444 g/mol. The molecule has 120 valence electrons. The van der Waals surface area contributed by atoms with Gasteiger partial charge in [0, 0.05) is 26.7 Å².